The van der Waals surface area contributed by atoms with Crippen molar-refractivity contribution < 1.29 is 23.1 Å². The van der Waals surface area contributed by atoms with Gasteiger partial charge in [0.05, 0.1) is 6.42 Å². The Bertz CT molecular complexity index is 318. The van der Waals surface area contributed by atoms with Crippen molar-refractivity contribution in [3.8, 4) is 0 Å². The molecule has 0 heterocycles. The van der Waals surface area contributed by atoms with E-state index >= 15 is 0 Å². The first-order valence-corrected chi connectivity index (χ1v) is 6.53. The van der Waals surface area contributed by atoms with Crippen molar-refractivity contribution in [3.63, 3.8) is 0 Å². The molecule has 1 unspecified atom stereocenters. The third-order valence-electron chi connectivity index (χ3n) is 4.12. The monoisotopic (exact) mass is 281 g/mol. The van der Waals surface area contributed by atoms with Crippen molar-refractivity contribution in [3.05, 3.63) is 0 Å². The summed E-state index contributed by atoms with van der Waals surface area (Å²) in [5.41, 5.74) is 0.178. The minimum Gasteiger partial charge on any atom is -0.481 e. The normalized spacial score (nSPS) is 22.5. The summed E-state index contributed by atoms with van der Waals surface area (Å²) in [5, 5.41) is 8.65. The Hall–Kier alpha value is -0.780. The Morgan fingerprint density at radius 3 is 2.21 bits per heavy atom. The van der Waals surface area contributed by atoms with Crippen LogP contribution in [0.5, 0.6) is 0 Å². The number of hydrogen-bond donors (Lipinski definition) is 1. The molecular formula is C13H22F3NO2. The average molecular weight is 281 g/mol. The van der Waals surface area contributed by atoms with Crippen LogP contribution in [0.15, 0.2) is 0 Å². The first-order chi connectivity index (χ1) is 8.53. The fraction of sp³-hybridized carbons (Fsp3) is 0.923. The van der Waals surface area contributed by atoms with E-state index in [4.69, 9.17) is 5.11 Å². The van der Waals surface area contributed by atoms with Crippen LogP contribution in [-0.2, 0) is 4.79 Å². The van der Waals surface area contributed by atoms with E-state index in [1.54, 1.807) is 0 Å². The summed E-state index contributed by atoms with van der Waals surface area (Å²) in [6.07, 6.45) is -2.26. The fourth-order valence-corrected chi connectivity index (χ4v) is 2.70. The number of carboxylic acids is 1. The van der Waals surface area contributed by atoms with Gasteiger partial charge in [0.2, 0.25) is 0 Å². The second-order valence-electron chi connectivity index (χ2n) is 6.22. The Morgan fingerprint density at radius 2 is 1.84 bits per heavy atom. The van der Waals surface area contributed by atoms with Crippen LogP contribution in [0.1, 0.15) is 46.0 Å². The van der Waals surface area contributed by atoms with E-state index in [1.807, 2.05) is 0 Å². The van der Waals surface area contributed by atoms with Crippen molar-refractivity contribution in [2.24, 2.45) is 5.41 Å². The third kappa shape index (κ3) is 4.67. The van der Waals surface area contributed by atoms with Gasteiger partial charge in [0.15, 0.2) is 0 Å². The molecule has 0 spiro atoms. The van der Waals surface area contributed by atoms with Crippen LogP contribution in [0.4, 0.5) is 13.2 Å². The highest BCUT2D eigenvalue weighted by atomic mass is 19.4. The number of nitrogens with zero attached hydrogens (tertiary/aromatic N) is 1. The summed E-state index contributed by atoms with van der Waals surface area (Å²) < 4.78 is 38.8. The molecule has 112 valence electrons. The van der Waals surface area contributed by atoms with Gasteiger partial charge in [-0.2, -0.15) is 13.2 Å². The third-order valence-corrected chi connectivity index (χ3v) is 4.12. The van der Waals surface area contributed by atoms with Gasteiger partial charge >= 0.3 is 12.1 Å². The lowest BCUT2D eigenvalue weighted by Gasteiger charge is -2.41. The number of aliphatic carboxylic acids is 1. The number of carboxylic acid groups (broad SMARTS) is 1. The first kappa shape index (κ1) is 16.3. The molecule has 3 nitrogen and oxygen atoms in total. The topological polar surface area (TPSA) is 40.5 Å². The smallest absolute Gasteiger partial charge is 0.404 e. The lowest BCUT2D eigenvalue weighted by Crippen LogP contribution is -2.50. The van der Waals surface area contributed by atoms with Gasteiger partial charge in [-0.1, -0.05) is 13.8 Å². The molecule has 0 amide bonds. The van der Waals surface area contributed by atoms with Gasteiger partial charge in [-0.25, -0.2) is 0 Å². The molecule has 0 aromatic heterocycles. The Balaban J connectivity index is 2.72. The minimum absolute atomic E-state index is 0.178. The van der Waals surface area contributed by atoms with E-state index in [2.05, 4.69) is 13.8 Å². The Morgan fingerprint density at radius 1 is 1.37 bits per heavy atom. The van der Waals surface area contributed by atoms with Gasteiger partial charge in [0.25, 0.3) is 0 Å². The molecule has 1 atom stereocenters. The highest BCUT2D eigenvalue weighted by molar-refractivity contribution is 5.67. The summed E-state index contributed by atoms with van der Waals surface area (Å²) in [4.78, 5) is 11.8. The van der Waals surface area contributed by atoms with Crippen LogP contribution >= 0.6 is 0 Å². The standard InChI is InChI=1S/C13H22F3NO2/c1-12(2)6-4-9(5-7-12)17(3)10(8-11(18)19)13(14,15)16/h9-10H,4-8H2,1-3H3,(H,18,19). The molecular weight excluding hydrogens is 259 g/mol. The summed E-state index contributed by atoms with van der Waals surface area (Å²) in [6, 6.07) is -2.07. The van der Waals surface area contributed by atoms with Gasteiger partial charge in [-0.05, 0) is 38.1 Å². The second-order valence-corrected chi connectivity index (χ2v) is 6.22. The van der Waals surface area contributed by atoms with E-state index in [9.17, 15) is 18.0 Å². The van der Waals surface area contributed by atoms with E-state index in [-0.39, 0.29) is 11.5 Å². The second kappa shape index (κ2) is 5.69. The molecule has 0 aliphatic heterocycles. The van der Waals surface area contributed by atoms with E-state index in [0.29, 0.717) is 12.8 Å². The zero-order valence-corrected chi connectivity index (χ0v) is 11.6. The Labute approximate surface area is 111 Å². The maximum Gasteiger partial charge on any atom is 0.404 e. The molecule has 0 aromatic rings. The van der Waals surface area contributed by atoms with Crippen LogP contribution < -0.4 is 0 Å². The lowest BCUT2D eigenvalue weighted by atomic mass is 9.75. The van der Waals surface area contributed by atoms with Crippen molar-refractivity contribution in [2.45, 2.75) is 64.2 Å². The molecule has 1 aliphatic carbocycles. The van der Waals surface area contributed by atoms with Crippen molar-refractivity contribution >= 4 is 5.97 Å². The molecule has 1 rings (SSSR count). The molecule has 6 heteroatoms. The predicted octanol–water partition coefficient (Wildman–Crippen LogP) is 3.29. The molecule has 0 bridgehead atoms. The fourth-order valence-electron chi connectivity index (χ4n) is 2.70. The highest BCUT2D eigenvalue weighted by Gasteiger charge is 2.46. The molecule has 0 saturated heterocycles. The molecule has 0 radical (unpaired) electrons. The van der Waals surface area contributed by atoms with Crippen LogP contribution in [0.2, 0.25) is 0 Å². The highest BCUT2D eigenvalue weighted by Crippen LogP contribution is 2.38. The number of halogens is 3. The summed E-state index contributed by atoms with van der Waals surface area (Å²) in [5.74, 6) is -1.41. The molecule has 1 fully saturated rings. The van der Waals surface area contributed by atoms with Crippen molar-refractivity contribution in [1.82, 2.24) is 4.90 Å². The quantitative estimate of drug-likeness (QED) is 0.859. The van der Waals surface area contributed by atoms with E-state index in [1.165, 1.54) is 11.9 Å². The Kier molecular flexibility index (Phi) is 4.87. The van der Waals surface area contributed by atoms with E-state index in [0.717, 1.165) is 12.8 Å². The summed E-state index contributed by atoms with van der Waals surface area (Å²) >= 11 is 0. The van der Waals surface area contributed by atoms with Gasteiger partial charge in [-0.3, -0.25) is 9.69 Å². The number of carbonyl (C=O) groups is 1. The maximum absolute atomic E-state index is 12.9. The number of alkyl halides is 3. The first-order valence-electron chi connectivity index (χ1n) is 6.53. The average Bonchev–Trinajstić information content (AvgIpc) is 2.23. The lowest BCUT2D eigenvalue weighted by molar-refractivity contribution is -0.194. The van der Waals surface area contributed by atoms with Gasteiger partial charge in [0, 0.05) is 6.04 Å². The summed E-state index contributed by atoms with van der Waals surface area (Å²) in [6.45, 7) is 4.23. The van der Waals surface area contributed by atoms with Crippen molar-refractivity contribution in [2.75, 3.05) is 7.05 Å². The van der Waals surface area contributed by atoms with Gasteiger partial charge in [0.1, 0.15) is 6.04 Å². The van der Waals surface area contributed by atoms with Crippen LogP contribution in [0.3, 0.4) is 0 Å². The SMILES string of the molecule is CN(C1CCC(C)(C)CC1)C(CC(=O)O)C(F)(F)F. The van der Waals surface area contributed by atoms with Crippen LogP contribution in [0.25, 0.3) is 0 Å². The summed E-state index contributed by atoms with van der Waals surface area (Å²) in [7, 11) is 1.39. The molecule has 1 saturated carbocycles. The maximum atomic E-state index is 12.9. The largest absolute Gasteiger partial charge is 0.481 e. The molecule has 0 aromatic carbocycles. The molecule has 1 aliphatic rings. The zero-order chi connectivity index (χ0) is 14.8. The van der Waals surface area contributed by atoms with Crippen LogP contribution in [-0.4, -0.2) is 41.3 Å². The van der Waals surface area contributed by atoms with Gasteiger partial charge < -0.3 is 5.11 Å². The zero-order valence-electron chi connectivity index (χ0n) is 11.6. The van der Waals surface area contributed by atoms with Crippen LogP contribution in [0, 0.1) is 5.41 Å². The van der Waals surface area contributed by atoms with Crippen molar-refractivity contribution in [1.29, 1.82) is 0 Å². The number of hydrogen-bond acceptors (Lipinski definition) is 2. The van der Waals surface area contributed by atoms with Gasteiger partial charge in [-0.15, -0.1) is 0 Å². The predicted molar refractivity (Wildman–Crippen MR) is 65.9 cm³/mol. The van der Waals surface area contributed by atoms with E-state index < -0.39 is 24.6 Å². The minimum atomic E-state index is -4.50. The molecule has 1 N–H and O–H groups in total. The molecule has 19 heavy (non-hydrogen) atoms. The number of rotatable bonds is 4.